The molecule has 0 spiro atoms. The maximum absolute atomic E-state index is 13.0. The molecule has 3 nitrogen and oxygen atoms in total. The fraction of sp³-hybridized carbons (Fsp3) is 0.133. The summed E-state index contributed by atoms with van der Waals surface area (Å²) in [5.41, 5.74) is 0.499. The monoisotopic (exact) mass is 323 g/mol. The van der Waals surface area contributed by atoms with Crippen molar-refractivity contribution in [2.24, 2.45) is 0 Å². The number of benzene rings is 2. The fourth-order valence-electron chi connectivity index (χ4n) is 1.63. The highest BCUT2D eigenvalue weighted by Crippen LogP contribution is 2.19. The van der Waals surface area contributed by atoms with Gasteiger partial charge in [0.1, 0.15) is 18.2 Å². The van der Waals surface area contributed by atoms with Gasteiger partial charge in [0.2, 0.25) is 0 Å². The van der Waals surface area contributed by atoms with E-state index in [4.69, 9.17) is 21.6 Å². The molecule has 0 heterocycles. The molecule has 2 rings (SSSR count). The summed E-state index contributed by atoms with van der Waals surface area (Å²) in [6, 6.07) is 12.7. The average Bonchev–Trinajstić information content (AvgIpc) is 2.50. The van der Waals surface area contributed by atoms with Gasteiger partial charge in [0.25, 0.3) is 0 Å². The molecule has 0 aliphatic rings. The van der Waals surface area contributed by atoms with E-state index in [-0.39, 0.29) is 17.4 Å². The number of rotatable bonds is 5. The molecule has 0 saturated heterocycles. The van der Waals surface area contributed by atoms with Crippen LogP contribution in [-0.2, 0) is 10.8 Å². The van der Waals surface area contributed by atoms with E-state index >= 15 is 0 Å². The molecule has 0 radical (unpaired) electrons. The highest BCUT2D eigenvalue weighted by atomic mass is 35.5. The highest BCUT2D eigenvalue weighted by Gasteiger charge is 2.08. The van der Waals surface area contributed by atoms with Crippen molar-refractivity contribution in [2.45, 2.75) is 4.90 Å². The van der Waals surface area contributed by atoms with Gasteiger partial charge in [0.05, 0.1) is 33.2 Å². The molecule has 6 heteroatoms. The molecule has 0 bridgehead atoms. The van der Waals surface area contributed by atoms with E-state index < -0.39 is 16.6 Å². The summed E-state index contributed by atoms with van der Waals surface area (Å²) in [5, 5.41) is 8.72. The largest absolute Gasteiger partial charge is 0.493 e. The predicted molar refractivity (Wildman–Crippen MR) is 79.3 cm³/mol. The van der Waals surface area contributed by atoms with Crippen molar-refractivity contribution in [3.05, 3.63) is 58.9 Å². The van der Waals surface area contributed by atoms with Gasteiger partial charge < -0.3 is 4.74 Å². The van der Waals surface area contributed by atoms with Crippen LogP contribution in [0.15, 0.2) is 47.4 Å². The van der Waals surface area contributed by atoms with Crippen molar-refractivity contribution in [3.63, 3.8) is 0 Å². The molecule has 0 aliphatic heterocycles. The first kappa shape index (κ1) is 15.5. The molecule has 21 heavy (non-hydrogen) atoms. The summed E-state index contributed by atoms with van der Waals surface area (Å²) < 4.78 is 30.5. The molecule has 0 saturated carbocycles. The second kappa shape index (κ2) is 7.21. The molecule has 2 aromatic rings. The summed E-state index contributed by atoms with van der Waals surface area (Å²) in [6.45, 7) is 0.219. The second-order valence-corrected chi connectivity index (χ2v) is 6.09. The molecule has 1 unspecified atom stereocenters. The third-order valence-electron chi connectivity index (χ3n) is 2.65. The van der Waals surface area contributed by atoms with Crippen molar-refractivity contribution >= 4 is 22.4 Å². The third kappa shape index (κ3) is 4.28. The first-order valence-electron chi connectivity index (χ1n) is 6.06. The van der Waals surface area contributed by atoms with Crippen LogP contribution in [0, 0.1) is 17.1 Å². The number of nitrogens with zero attached hydrogens (tertiary/aromatic N) is 1. The summed E-state index contributed by atoms with van der Waals surface area (Å²) in [5.74, 6) is 0.254. The summed E-state index contributed by atoms with van der Waals surface area (Å²) >= 11 is 5.65. The minimum absolute atomic E-state index is 0.0523. The Kier molecular flexibility index (Phi) is 5.32. The van der Waals surface area contributed by atoms with Crippen LogP contribution in [0.3, 0.4) is 0 Å². The number of hydrogen-bond donors (Lipinski definition) is 0. The second-order valence-electron chi connectivity index (χ2n) is 4.11. The number of nitriles is 1. The molecule has 0 aliphatic carbocycles. The average molecular weight is 324 g/mol. The Labute approximate surface area is 129 Å². The van der Waals surface area contributed by atoms with Gasteiger partial charge >= 0.3 is 0 Å². The van der Waals surface area contributed by atoms with Gasteiger partial charge in [-0.1, -0.05) is 17.7 Å². The van der Waals surface area contributed by atoms with E-state index in [0.29, 0.717) is 16.2 Å². The SMILES string of the molecule is N#Cc1cccc(OCCS(=O)c2ccc(F)c(Cl)c2)c1. The zero-order chi connectivity index (χ0) is 15.2. The summed E-state index contributed by atoms with van der Waals surface area (Å²) in [7, 11) is -1.32. The van der Waals surface area contributed by atoms with Crippen molar-refractivity contribution in [3.8, 4) is 11.8 Å². The van der Waals surface area contributed by atoms with E-state index in [0.717, 1.165) is 0 Å². The Morgan fingerprint density at radius 2 is 2.10 bits per heavy atom. The van der Waals surface area contributed by atoms with E-state index in [9.17, 15) is 8.60 Å². The van der Waals surface area contributed by atoms with Crippen LogP contribution in [-0.4, -0.2) is 16.6 Å². The maximum Gasteiger partial charge on any atom is 0.141 e. The molecule has 0 N–H and O–H groups in total. The first-order valence-corrected chi connectivity index (χ1v) is 7.76. The van der Waals surface area contributed by atoms with Crippen molar-refractivity contribution in [1.82, 2.24) is 0 Å². The van der Waals surface area contributed by atoms with Gasteiger partial charge in [0.15, 0.2) is 0 Å². The Balaban J connectivity index is 1.92. The van der Waals surface area contributed by atoms with Crippen LogP contribution < -0.4 is 4.74 Å². The number of hydrogen-bond acceptors (Lipinski definition) is 3. The van der Waals surface area contributed by atoms with Crippen molar-refractivity contribution in [1.29, 1.82) is 5.26 Å². The van der Waals surface area contributed by atoms with Gasteiger partial charge in [-0.05, 0) is 36.4 Å². The Morgan fingerprint density at radius 1 is 1.29 bits per heavy atom. The van der Waals surface area contributed by atoms with Crippen LogP contribution in [0.4, 0.5) is 4.39 Å². The van der Waals surface area contributed by atoms with E-state index in [1.807, 2.05) is 6.07 Å². The minimum Gasteiger partial charge on any atom is -0.493 e. The lowest BCUT2D eigenvalue weighted by Gasteiger charge is -2.07. The zero-order valence-corrected chi connectivity index (χ0v) is 12.5. The molecule has 2 aromatic carbocycles. The van der Waals surface area contributed by atoms with Gasteiger partial charge in [0, 0.05) is 4.90 Å². The zero-order valence-electron chi connectivity index (χ0n) is 10.9. The van der Waals surface area contributed by atoms with Crippen LogP contribution in [0.5, 0.6) is 5.75 Å². The number of halogens is 2. The standard InChI is InChI=1S/C15H11ClFNO2S/c16-14-9-13(4-5-15(14)17)21(19)7-6-20-12-3-1-2-11(8-12)10-18/h1-5,8-9H,6-7H2. The molecule has 0 fully saturated rings. The molecular weight excluding hydrogens is 313 g/mol. The highest BCUT2D eigenvalue weighted by molar-refractivity contribution is 7.85. The summed E-state index contributed by atoms with van der Waals surface area (Å²) in [4.78, 5) is 0.454. The van der Waals surface area contributed by atoms with Gasteiger partial charge in [-0.2, -0.15) is 5.26 Å². The van der Waals surface area contributed by atoms with Crippen molar-refractivity contribution in [2.75, 3.05) is 12.4 Å². The molecule has 1 atom stereocenters. The normalized spacial score (nSPS) is 11.7. The maximum atomic E-state index is 13.0. The van der Waals surface area contributed by atoms with E-state index in [1.54, 1.807) is 24.3 Å². The lowest BCUT2D eigenvalue weighted by Crippen LogP contribution is -2.09. The molecule has 108 valence electrons. The molecule has 0 aromatic heterocycles. The minimum atomic E-state index is -1.32. The smallest absolute Gasteiger partial charge is 0.141 e. The van der Waals surface area contributed by atoms with Crippen LogP contribution >= 0.6 is 11.6 Å². The quantitative estimate of drug-likeness (QED) is 0.845. The van der Waals surface area contributed by atoms with Gasteiger partial charge in [-0.15, -0.1) is 0 Å². The fourth-order valence-corrected chi connectivity index (χ4v) is 2.81. The van der Waals surface area contributed by atoms with E-state index in [2.05, 4.69) is 0 Å². The van der Waals surface area contributed by atoms with E-state index in [1.165, 1.54) is 18.2 Å². The number of ether oxygens (including phenoxy) is 1. The van der Waals surface area contributed by atoms with Crippen LogP contribution in [0.25, 0.3) is 0 Å². The Bertz CT molecular complexity index is 715. The lowest BCUT2D eigenvalue weighted by atomic mass is 10.2. The Morgan fingerprint density at radius 3 is 2.81 bits per heavy atom. The molecular formula is C15H11ClFNO2S. The van der Waals surface area contributed by atoms with Crippen LogP contribution in [0.1, 0.15) is 5.56 Å². The van der Waals surface area contributed by atoms with Gasteiger partial charge in [-0.3, -0.25) is 4.21 Å². The topological polar surface area (TPSA) is 50.1 Å². The van der Waals surface area contributed by atoms with Gasteiger partial charge in [-0.25, -0.2) is 4.39 Å². The predicted octanol–water partition coefficient (Wildman–Crippen LogP) is 3.54. The Hall–Kier alpha value is -1.90. The first-order chi connectivity index (χ1) is 10.1. The molecule has 0 amide bonds. The van der Waals surface area contributed by atoms with Crippen LogP contribution in [0.2, 0.25) is 5.02 Å². The lowest BCUT2D eigenvalue weighted by molar-refractivity contribution is 0.342. The summed E-state index contributed by atoms with van der Waals surface area (Å²) in [6.07, 6.45) is 0. The third-order valence-corrected chi connectivity index (χ3v) is 4.26. The van der Waals surface area contributed by atoms with Crippen molar-refractivity contribution < 1.29 is 13.3 Å².